The van der Waals surface area contributed by atoms with Crippen molar-refractivity contribution >= 4 is 11.5 Å². The summed E-state index contributed by atoms with van der Waals surface area (Å²) < 4.78 is 16.2. The molecule has 2 atom stereocenters. The molecule has 7 heteroatoms. The molecule has 0 spiro atoms. The Morgan fingerprint density at radius 2 is 2.07 bits per heavy atom. The second-order valence-electron chi connectivity index (χ2n) is 7.18. The molecule has 1 aliphatic carbocycles. The van der Waals surface area contributed by atoms with Crippen LogP contribution in [0.3, 0.4) is 0 Å². The lowest BCUT2D eigenvalue weighted by atomic mass is 9.94. The summed E-state index contributed by atoms with van der Waals surface area (Å²) in [7, 11) is 0. The van der Waals surface area contributed by atoms with Crippen molar-refractivity contribution in [3.8, 4) is 22.8 Å². The minimum atomic E-state index is -0.810. The van der Waals surface area contributed by atoms with Crippen molar-refractivity contribution < 1.29 is 4.39 Å². The summed E-state index contributed by atoms with van der Waals surface area (Å²) in [5, 5.41) is 3.28. The van der Waals surface area contributed by atoms with E-state index < -0.39 is 6.17 Å². The maximum Gasteiger partial charge on any atom is 0.137 e. The molecule has 1 fully saturated rings. The van der Waals surface area contributed by atoms with Gasteiger partial charge < -0.3 is 10.3 Å². The van der Waals surface area contributed by atoms with Gasteiger partial charge in [0, 0.05) is 24.2 Å². The number of alkyl halides is 1. The van der Waals surface area contributed by atoms with E-state index in [0.29, 0.717) is 12.2 Å². The first-order chi connectivity index (χ1) is 13.8. The van der Waals surface area contributed by atoms with Gasteiger partial charge in [-0.2, -0.15) is 0 Å². The van der Waals surface area contributed by atoms with Crippen molar-refractivity contribution in [2.75, 3.05) is 5.32 Å². The first kappa shape index (κ1) is 16.9. The minimum Gasteiger partial charge on any atom is -0.364 e. The molecule has 1 aliphatic rings. The summed E-state index contributed by atoms with van der Waals surface area (Å²) in [5.74, 6) is 1.51. The predicted octanol–water partition coefficient (Wildman–Crippen LogP) is 4.48. The van der Waals surface area contributed by atoms with E-state index in [2.05, 4.69) is 20.3 Å². The molecule has 0 aliphatic heterocycles. The molecule has 4 aromatic rings. The number of pyridine rings is 2. The number of anilines is 1. The third kappa shape index (κ3) is 3.13. The van der Waals surface area contributed by atoms with Crippen molar-refractivity contribution in [3.63, 3.8) is 0 Å². The average molecular weight is 376 g/mol. The number of imidazole rings is 2. The zero-order valence-electron chi connectivity index (χ0n) is 15.3. The Kier molecular flexibility index (Phi) is 4.27. The number of H-pyrrole nitrogens is 1. The normalized spacial score (nSPS) is 19.8. The largest absolute Gasteiger partial charge is 0.364 e. The lowest BCUT2D eigenvalue weighted by Crippen LogP contribution is -2.33. The standard InChI is InChI=1S/C21H21FN6/c22-15-4-1-2-5-16(15)26-19-7-3-6-17(27-19)18-13-25-20-12-14(8-11-28(18)20)21-23-9-10-24-21/h3,6-13,15-16H,1-2,4-5H2,(H,23,24)(H,26,27)/t15-,16-/m0/s1. The highest BCUT2D eigenvalue weighted by atomic mass is 19.1. The van der Waals surface area contributed by atoms with Crippen LogP contribution in [0.2, 0.25) is 0 Å². The average Bonchev–Trinajstić information content (AvgIpc) is 3.39. The smallest absolute Gasteiger partial charge is 0.137 e. The van der Waals surface area contributed by atoms with E-state index in [0.717, 1.165) is 47.7 Å². The van der Waals surface area contributed by atoms with E-state index in [1.807, 2.05) is 47.1 Å². The molecule has 2 N–H and O–H groups in total. The van der Waals surface area contributed by atoms with Crippen molar-refractivity contribution in [1.29, 1.82) is 0 Å². The van der Waals surface area contributed by atoms with E-state index >= 15 is 0 Å². The zero-order chi connectivity index (χ0) is 18.9. The molecular formula is C21H21FN6. The molecule has 1 saturated carbocycles. The van der Waals surface area contributed by atoms with Crippen LogP contribution in [0.25, 0.3) is 28.4 Å². The molecule has 28 heavy (non-hydrogen) atoms. The summed E-state index contributed by atoms with van der Waals surface area (Å²) in [6, 6.07) is 9.60. The molecule has 0 saturated heterocycles. The van der Waals surface area contributed by atoms with Crippen LogP contribution in [-0.2, 0) is 0 Å². The number of fused-ring (bicyclic) bond motifs is 1. The second kappa shape index (κ2) is 7.07. The van der Waals surface area contributed by atoms with E-state index in [4.69, 9.17) is 4.98 Å². The number of aromatic amines is 1. The Morgan fingerprint density at radius 1 is 1.14 bits per heavy atom. The molecule has 0 bridgehead atoms. The molecule has 142 valence electrons. The van der Waals surface area contributed by atoms with Crippen LogP contribution in [0.15, 0.2) is 55.1 Å². The van der Waals surface area contributed by atoms with Gasteiger partial charge in [0.25, 0.3) is 0 Å². The van der Waals surface area contributed by atoms with Crippen LogP contribution in [0.1, 0.15) is 25.7 Å². The third-order valence-corrected chi connectivity index (χ3v) is 5.31. The summed E-state index contributed by atoms with van der Waals surface area (Å²) in [4.78, 5) is 16.6. The second-order valence-corrected chi connectivity index (χ2v) is 7.18. The Bertz CT molecular complexity index is 1090. The zero-order valence-corrected chi connectivity index (χ0v) is 15.3. The van der Waals surface area contributed by atoms with Crippen LogP contribution in [0.5, 0.6) is 0 Å². The molecular weight excluding hydrogens is 355 g/mol. The van der Waals surface area contributed by atoms with Gasteiger partial charge in [0.05, 0.1) is 23.6 Å². The van der Waals surface area contributed by atoms with Gasteiger partial charge in [-0.3, -0.25) is 4.40 Å². The molecule has 6 nitrogen and oxygen atoms in total. The van der Waals surface area contributed by atoms with Crippen LogP contribution < -0.4 is 5.32 Å². The summed E-state index contributed by atoms with van der Waals surface area (Å²) in [6.07, 6.45) is 10.00. The predicted molar refractivity (Wildman–Crippen MR) is 107 cm³/mol. The van der Waals surface area contributed by atoms with Gasteiger partial charge in [-0.25, -0.2) is 19.3 Å². The van der Waals surface area contributed by atoms with Crippen molar-refractivity contribution in [1.82, 2.24) is 24.3 Å². The van der Waals surface area contributed by atoms with Crippen molar-refractivity contribution in [3.05, 3.63) is 55.1 Å². The molecule has 4 heterocycles. The number of halogens is 1. The van der Waals surface area contributed by atoms with E-state index in [-0.39, 0.29) is 6.04 Å². The van der Waals surface area contributed by atoms with Crippen LogP contribution in [0, 0.1) is 0 Å². The maximum atomic E-state index is 14.2. The lowest BCUT2D eigenvalue weighted by Gasteiger charge is -2.27. The van der Waals surface area contributed by atoms with Gasteiger partial charge in [0.2, 0.25) is 0 Å². The molecule has 0 radical (unpaired) electrons. The summed E-state index contributed by atoms with van der Waals surface area (Å²) in [5.41, 5.74) is 3.49. The third-order valence-electron chi connectivity index (χ3n) is 5.31. The van der Waals surface area contributed by atoms with Gasteiger partial charge in [-0.1, -0.05) is 18.9 Å². The Balaban J connectivity index is 1.45. The molecule has 0 unspecified atom stereocenters. The Hall–Kier alpha value is -3.22. The fourth-order valence-corrected chi connectivity index (χ4v) is 3.84. The van der Waals surface area contributed by atoms with E-state index in [1.165, 1.54) is 0 Å². The molecule has 4 aromatic heterocycles. The first-order valence-electron chi connectivity index (χ1n) is 9.63. The molecule has 5 rings (SSSR count). The number of rotatable bonds is 4. The van der Waals surface area contributed by atoms with Gasteiger partial charge >= 0.3 is 0 Å². The van der Waals surface area contributed by atoms with Crippen LogP contribution in [0.4, 0.5) is 10.2 Å². The number of nitrogens with zero attached hydrogens (tertiary/aromatic N) is 4. The number of hydrogen-bond donors (Lipinski definition) is 2. The summed E-state index contributed by atoms with van der Waals surface area (Å²) >= 11 is 0. The Morgan fingerprint density at radius 3 is 2.93 bits per heavy atom. The van der Waals surface area contributed by atoms with Gasteiger partial charge in [-0.15, -0.1) is 0 Å². The van der Waals surface area contributed by atoms with Crippen LogP contribution >= 0.6 is 0 Å². The lowest BCUT2D eigenvalue weighted by molar-refractivity contribution is 0.229. The van der Waals surface area contributed by atoms with Crippen molar-refractivity contribution in [2.24, 2.45) is 0 Å². The van der Waals surface area contributed by atoms with Gasteiger partial charge in [0.15, 0.2) is 0 Å². The number of aromatic nitrogens is 5. The highest BCUT2D eigenvalue weighted by Gasteiger charge is 2.24. The summed E-state index contributed by atoms with van der Waals surface area (Å²) in [6.45, 7) is 0. The minimum absolute atomic E-state index is 0.158. The monoisotopic (exact) mass is 376 g/mol. The van der Waals surface area contributed by atoms with E-state index in [9.17, 15) is 4.39 Å². The number of nitrogens with one attached hydrogen (secondary N) is 2. The number of hydrogen-bond acceptors (Lipinski definition) is 4. The topological polar surface area (TPSA) is 70.9 Å². The molecule has 0 amide bonds. The highest BCUT2D eigenvalue weighted by Crippen LogP contribution is 2.26. The van der Waals surface area contributed by atoms with Gasteiger partial charge in [0.1, 0.15) is 23.5 Å². The first-order valence-corrected chi connectivity index (χ1v) is 9.63. The fraction of sp³-hybridized carbons (Fsp3) is 0.286. The Labute approximate surface area is 161 Å². The molecule has 0 aromatic carbocycles. The quantitative estimate of drug-likeness (QED) is 0.551. The van der Waals surface area contributed by atoms with Crippen molar-refractivity contribution in [2.45, 2.75) is 37.9 Å². The van der Waals surface area contributed by atoms with Gasteiger partial charge in [-0.05, 0) is 37.1 Å². The highest BCUT2D eigenvalue weighted by molar-refractivity contribution is 5.67. The van der Waals surface area contributed by atoms with Crippen LogP contribution in [-0.4, -0.2) is 36.6 Å². The SMILES string of the molecule is F[C@H]1CCCC[C@@H]1Nc1cccc(-c2cnc3cc(-c4ncc[nH]4)ccn23)n1. The maximum absolute atomic E-state index is 14.2. The van der Waals surface area contributed by atoms with E-state index in [1.54, 1.807) is 12.4 Å². The fourth-order valence-electron chi connectivity index (χ4n) is 3.84.